The largest absolute Gasteiger partial charge is 0.483 e. The highest BCUT2D eigenvalue weighted by molar-refractivity contribution is 8.00. The van der Waals surface area contributed by atoms with Gasteiger partial charge in [0.15, 0.2) is 17.3 Å². The third kappa shape index (κ3) is 4.99. The molecular formula is C22H18F2N2O8S. The first-order chi connectivity index (χ1) is 16.7. The minimum absolute atomic E-state index is 0.139. The molecule has 35 heavy (non-hydrogen) atoms. The molecule has 0 bridgehead atoms. The number of hydrogen-bond acceptors (Lipinski definition) is 8. The monoisotopic (exact) mass is 508 g/mol. The van der Waals surface area contributed by atoms with Crippen LogP contribution in [0.15, 0.2) is 46.0 Å². The van der Waals surface area contributed by atoms with Crippen molar-refractivity contribution in [1.29, 1.82) is 0 Å². The fraction of sp³-hybridized carbons (Fsp3) is 0.273. The van der Waals surface area contributed by atoms with E-state index in [1.165, 1.54) is 30.8 Å². The van der Waals surface area contributed by atoms with Crippen molar-refractivity contribution in [2.24, 2.45) is 0 Å². The number of furan rings is 1. The number of esters is 1. The van der Waals surface area contributed by atoms with Crippen LogP contribution >= 0.6 is 11.8 Å². The number of carboxylic acid groups (broad SMARTS) is 1. The van der Waals surface area contributed by atoms with Gasteiger partial charge in [0.2, 0.25) is 0 Å². The van der Waals surface area contributed by atoms with Crippen LogP contribution in [0.1, 0.15) is 23.2 Å². The van der Waals surface area contributed by atoms with E-state index in [1.807, 2.05) is 0 Å². The normalized spacial score (nSPS) is 19.1. The van der Waals surface area contributed by atoms with Gasteiger partial charge < -0.3 is 24.3 Å². The van der Waals surface area contributed by atoms with Gasteiger partial charge in [-0.1, -0.05) is 0 Å². The molecule has 2 amide bonds. The Morgan fingerprint density at radius 2 is 2.00 bits per heavy atom. The average molecular weight is 508 g/mol. The van der Waals surface area contributed by atoms with Crippen molar-refractivity contribution in [2.75, 3.05) is 12.4 Å². The molecular weight excluding hydrogens is 490 g/mol. The van der Waals surface area contributed by atoms with Crippen molar-refractivity contribution >= 4 is 35.5 Å². The van der Waals surface area contributed by atoms with Gasteiger partial charge in [-0.25, -0.2) is 13.6 Å². The van der Waals surface area contributed by atoms with Crippen LogP contribution in [0.4, 0.5) is 8.78 Å². The smallest absolute Gasteiger partial charge is 0.352 e. The van der Waals surface area contributed by atoms with Gasteiger partial charge in [-0.15, -0.1) is 11.8 Å². The van der Waals surface area contributed by atoms with Crippen LogP contribution in [-0.4, -0.2) is 57.5 Å². The highest BCUT2D eigenvalue weighted by Crippen LogP contribution is 2.40. The molecule has 1 fully saturated rings. The van der Waals surface area contributed by atoms with Crippen LogP contribution in [0.25, 0.3) is 0 Å². The first-order valence-corrected chi connectivity index (χ1v) is 11.2. The number of thioether (sulfide) groups is 1. The number of fused-ring (bicyclic) bond motifs is 1. The zero-order valence-corrected chi connectivity index (χ0v) is 18.9. The third-order valence-electron chi connectivity index (χ3n) is 5.14. The Morgan fingerprint density at radius 3 is 2.69 bits per heavy atom. The Bertz CT molecular complexity index is 1240. The summed E-state index contributed by atoms with van der Waals surface area (Å²) >= 11 is 1.22. The summed E-state index contributed by atoms with van der Waals surface area (Å²) in [6, 6.07) is 4.59. The minimum atomic E-state index is -1.34. The van der Waals surface area contributed by atoms with Crippen molar-refractivity contribution in [2.45, 2.75) is 24.9 Å². The third-order valence-corrected chi connectivity index (χ3v) is 6.48. The number of halogens is 2. The summed E-state index contributed by atoms with van der Waals surface area (Å²) in [5.41, 5.74) is 0.0105. The second-order valence-electron chi connectivity index (χ2n) is 7.53. The van der Waals surface area contributed by atoms with E-state index in [-0.39, 0.29) is 47.5 Å². The Hall–Kier alpha value is -3.87. The van der Waals surface area contributed by atoms with E-state index in [9.17, 15) is 33.1 Å². The number of carbonyl (C=O) groups excluding carboxylic acids is 3. The zero-order valence-electron chi connectivity index (χ0n) is 18.1. The van der Waals surface area contributed by atoms with Crippen LogP contribution in [0, 0.1) is 11.6 Å². The fourth-order valence-electron chi connectivity index (χ4n) is 3.51. The number of β-lactam (4-membered cyclic amide) rings is 1. The summed E-state index contributed by atoms with van der Waals surface area (Å²) in [7, 11) is 0. The second-order valence-corrected chi connectivity index (χ2v) is 8.63. The maximum Gasteiger partial charge on any atom is 0.352 e. The number of nitrogens with zero attached hydrogens (tertiary/aromatic N) is 1. The van der Waals surface area contributed by atoms with Gasteiger partial charge in [0.25, 0.3) is 11.8 Å². The number of nitrogens with one attached hydrogen (secondary N) is 1. The van der Waals surface area contributed by atoms with Crippen LogP contribution in [0.2, 0.25) is 0 Å². The Labute approximate surface area is 200 Å². The number of carbonyl (C=O) groups is 4. The van der Waals surface area contributed by atoms with Crippen molar-refractivity contribution < 1.29 is 47.0 Å². The van der Waals surface area contributed by atoms with Crippen LogP contribution in [0.3, 0.4) is 0 Å². The molecule has 1 aromatic carbocycles. The second kappa shape index (κ2) is 9.78. The summed E-state index contributed by atoms with van der Waals surface area (Å²) in [5.74, 6) is -4.87. The molecule has 2 aliphatic rings. The lowest BCUT2D eigenvalue weighted by molar-refractivity contribution is -0.149. The number of rotatable bonds is 8. The van der Waals surface area contributed by atoms with Gasteiger partial charge in [0.05, 0.1) is 0 Å². The van der Waals surface area contributed by atoms with Crippen LogP contribution in [0.5, 0.6) is 5.75 Å². The highest BCUT2D eigenvalue weighted by Gasteiger charge is 2.54. The van der Waals surface area contributed by atoms with Crippen molar-refractivity contribution in [1.82, 2.24) is 10.2 Å². The van der Waals surface area contributed by atoms with Gasteiger partial charge in [-0.05, 0) is 24.3 Å². The minimum Gasteiger partial charge on any atom is -0.483 e. The van der Waals surface area contributed by atoms with E-state index in [2.05, 4.69) is 5.32 Å². The number of benzene rings is 1. The maximum absolute atomic E-state index is 13.7. The Kier molecular flexibility index (Phi) is 6.78. The molecule has 184 valence electrons. The standard InChI is InChI=1S/C22H18F2N2O8S/c1-10(27)32-7-11-9-35-21-17(20(29)26(21)18(11)22(30)31)25-19(28)16-5-3-13(34-16)8-33-15-4-2-12(23)6-14(15)24/h2-6,17,21H,7-9H2,1H3,(H,25,28)(H,30,31)/t17-,21+/m0/s1. The van der Waals surface area contributed by atoms with E-state index in [0.717, 1.165) is 17.0 Å². The summed E-state index contributed by atoms with van der Waals surface area (Å²) in [4.78, 5) is 49.1. The lowest BCUT2D eigenvalue weighted by Crippen LogP contribution is -2.70. The molecule has 2 aliphatic heterocycles. The van der Waals surface area contributed by atoms with E-state index < -0.39 is 46.8 Å². The molecule has 1 aromatic heterocycles. The lowest BCUT2D eigenvalue weighted by Gasteiger charge is -2.49. The Balaban J connectivity index is 1.38. The number of aliphatic carboxylic acids is 1. The van der Waals surface area contributed by atoms with Gasteiger partial charge in [0, 0.05) is 24.3 Å². The number of ether oxygens (including phenoxy) is 2. The van der Waals surface area contributed by atoms with Crippen molar-refractivity contribution in [3.05, 3.63) is 64.8 Å². The van der Waals surface area contributed by atoms with Gasteiger partial charge in [-0.3, -0.25) is 19.3 Å². The molecule has 0 aliphatic carbocycles. The molecule has 0 saturated carbocycles. The zero-order chi connectivity index (χ0) is 25.3. The van der Waals surface area contributed by atoms with E-state index in [4.69, 9.17) is 13.9 Å². The van der Waals surface area contributed by atoms with Crippen molar-refractivity contribution in [3.63, 3.8) is 0 Å². The molecule has 4 rings (SSSR count). The van der Waals surface area contributed by atoms with E-state index in [1.54, 1.807) is 0 Å². The highest BCUT2D eigenvalue weighted by atomic mass is 32.2. The summed E-state index contributed by atoms with van der Waals surface area (Å²) in [5, 5.41) is 11.4. The summed E-state index contributed by atoms with van der Waals surface area (Å²) in [6.07, 6.45) is 0. The molecule has 0 radical (unpaired) electrons. The molecule has 13 heteroatoms. The maximum atomic E-state index is 13.7. The molecule has 0 unspecified atom stereocenters. The molecule has 2 atom stereocenters. The molecule has 1 saturated heterocycles. The van der Waals surface area contributed by atoms with E-state index >= 15 is 0 Å². The van der Waals surface area contributed by atoms with Crippen LogP contribution in [-0.2, 0) is 25.7 Å². The Morgan fingerprint density at radius 1 is 1.23 bits per heavy atom. The van der Waals surface area contributed by atoms with Crippen molar-refractivity contribution in [3.8, 4) is 5.75 Å². The van der Waals surface area contributed by atoms with Gasteiger partial charge in [-0.2, -0.15) is 0 Å². The topological polar surface area (TPSA) is 135 Å². The number of amides is 2. The number of carboxylic acids is 1. The molecule has 10 nitrogen and oxygen atoms in total. The molecule has 0 spiro atoms. The lowest BCUT2D eigenvalue weighted by atomic mass is 10.0. The fourth-order valence-corrected chi connectivity index (χ4v) is 4.84. The first kappa shape index (κ1) is 24.3. The molecule has 2 N–H and O–H groups in total. The summed E-state index contributed by atoms with van der Waals surface area (Å²) in [6.45, 7) is 0.701. The van der Waals surface area contributed by atoms with Crippen LogP contribution < -0.4 is 10.1 Å². The SMILES string of the molecule is CC(=O)OCC1=C(C(=O)O)N2C(=O)[C@H](NC(=O)c3ccc(COc4ccc(F)cc4F)o3)[C@H]2SC1. The predicted octanol–water partition coefficient (Wildman–Crippen LogP) is 2.05. The predicted molar refractivity (Wildman–Crippen MR) is 115 cm³/mol. The quantitative estimate of drug-likeness (QED) is 0.406. The molecule has 3 heterocycles. The molecule has 2 aromatic rings. The number of hydrogen-bond donors (Lipinski definition) is 2. The van der Waals surface area contributed by atoms with Gasteiger partial charge >= 0.3 is 11.9 Å². The van der Waals surface area contributed by atoms with E-state index in [0.29, 0.717) is 6.07 Å². The summed E-state index contributed by atoms with van der Waals surface area (Å²) < 4.78 is 42.1. The first-order valence-electron chi connectivity index (χ1n) is 10.2. The average Bonchev–Trinajstić information content (AvgIpc) is 3.28. The van der Waals surface area contributed by atoms with Gasteiger partial charge in [0.1, 0.15) is 41.9 Å².